The summed E-state index contributed by atoms with van der Waals surface area (Å²) in [7, 11) is 0. The molecule has 0 radical (unpaired) electrons. The third-order valence-electron chi connectivity index (χ3n) is 4.57. The monoisotopic (exact) mass is 313 g/mol. The molecule has 0 aliphatic carbocycles. The molecule has 1 aromatic carbocycles. The number of likely N-dealkylation sites (tertiary alicyclic amines) is 1. The lowest BCUT2D eigenvalue weighted by Gasteiger charge is -2.16. The molecule has 3 rings (SSSR count). The van der Waals surface area contributed by atoms with Crippen molar-refractivity contribution < 1.29 is 14.3 Å². The molecule has 0 saturated carbocycles. The van der Waals surface area contributed by atoms with Gasteiger partial charge in [-0.15, -0.1) is 0 Å². The van der Waals surface area contributed by atoms with Crippen LogP contribution in [0.15, 0.2) is 34.7 Å². The topological polar surface area (TPSA) is 53.7 Å². The Bertz CT molecular complexity index is 687. The van der Waals surface area contributed by atoms with E-state index in [4.69, 9.17) is 9.52 Å². The standard InChI is InChI=1S/C19H23NO3/c1-13-9-18(14(2)23-13)19(22)20-8-7-17(11-20)10-15-3-5-16(12-21)6-4-15/h3-6,9,17,21H,7-8,10-12H2,1-2H3/t17-/m0/s1. The molecule has 0 spiro atoms. The molecule has 4 nitrogen and oxygen atoms in total. The molecular weight excluding hydrogens is 290 g/mol. The van der Waals surface area contributed by atoms with Crippen LogP contribution in [-0.4, -0.2) is 29.0 Å². The van der Waals surface area contributed by atoms with Crippen molar-refractivity contribution in [2.45, 2.75) is 33.3 Å². The van der Waals surface area contributed by atoms with E-state index in [9.17, 15) is 4.79 Å². The van der Waals surface area contributed by atoms with E-state index in [1.807, 2.05) is 36.9 Å². The van der Waals surface area contributed by atoms with Crippen LogP contribution in [0.2, 0.25) is 0 Å². The average Bonchev–Trinajstić information content (AvgIpc) is 3.14. The predicted molar refractivity (Wildman–Crippen MR) is 88.3 cm³/mol. The molecule has 1 aliphatic rings. The number of carbonyl (C=O) groups excluding carboxylic acids is 1. The van der Waals surface area contributed by atoms with Crippen LogP contribution in [0.4, 0.5) is 0 Å². The van der Waals surface area contributed by atoms with Gasteiger partial charge in [0, 0.05) is 13.1 Å². The van der Waals surface area contributed by atoms with E-state index in [-0.39, 0.29) is 12.5 Å². The van der Waals surface area contributed by atoms with Crippen LogP contribution in [0.1, 0.15) is 39.4 Å². The highest BCUT2D eigenvalue weighted by Gasteiger charge is 2.28. The predicted octanol–water partition coefficient (Wildman–Crippen LogP) is 3.09. The van der Waals surface area contributed by atoms with Crippen LogP contribution in [0.3, 0.4) is 0 Å². The Labute approximate surface area is 136 Å². The largest absolute Gasteiger partial charge is 0.466 e. The molecule has 1 aliphatic heterocycles. The van der Waals surface area contributed by atoms with Crippen LogP contribution in [0, 0.1) is 19.8 Å². The van der Waals surface area contributed by atoms with E-state index in [0.717, 1.165) is 37.3 Å². The van der Waals surface area contributed by atoms with Gasteiger partial charge in [0.1, 0.15) is 11.5 Å². The second-order valence-electron chi connectivity index (χ2n) is 6.41. The summed E-state index contributed by atoms with van der Waals surface area (Å²) in [4.78, 5) is 14.5. The molecule has 122 valence electrons. The van der Waals surface area contributed by atoms with E-state index < -0.39 is 0 Å². The fraction of sp³-hybridized carbons (Fsp3) is 0.421. The first-order chi connectivity index (χ1) is 11.1. The molecule has 1 fully saturated rings. The normalized spacial score (nSPS) is 17.7. The number of furan rings is 1. The van der Waals surface area contributed by atoms with Crippen molar-refractivity contribution in [1.82, 2.24) is 4.90 Å². The summed E-state index contributed by atoms with van der Waals surface area (Å²) in [6.45, 7) is 5.39. The minimum Gasteiger partial charge on any atom is -0.466 e. The number of aliphatic hydroxyl groups excluding tert-OH is 1. The van der Waals surface area contributed by atoms with Crippen LogP contribution < -0.4 is 0 Å². The Morgan fingerprint density at radius 3 is 2.57 bits per heavy atom. The number of aryl methyl sites for hydroxylation is 2. The lowest BCUT2D eigenvalue weighted by atomic mass is 9.98. The van der Waals surface area contributed by atoms with Gasteiger partial charge >= 0.3 is 0 Å². The molecule has 1 atom stereocenters. The number of amides is 1. The second kappa shape index (κ2) is 6.59. The molecule has 1 saturated heterocycles. The Morgan fingerprint density at radius 1 is 1.26 bits per heavy atom. The molecule has 2 heterocycles. The van der Waals surface area contributed by atoms with Gasteiger partial charge in [-0.25, -0.2) is 0 Å². The average molecular weight is 313 g/mol. The lowest BCUT2D eigenvalue weighted by molar-refractivity contribution is 0.0785. The summed E-state index contributed by atoms with van der Waals surface area (Å²) in [5.41, 5.74) is 2.88. The maximum atomic E-state index is 12.6. The van der Waals surface area contributed by atoms with Gasteiger partial charge in [-0.1, -0.05) is 24.3 Å². The lowest BCUT2D eigenvalue weighted by Crippen LogP contribution is -2.29. The van der Waals surface area contributed by atoms with Crippen LogP contribution in [-0.2, 0) is 13.0 Å². The highest BCUT2D eigenvalue weighted by molar-refractivity contribution is 5.95. The highest BCUT2D eigenvalue weighted by Crippen LogP contribution is 2.24. The summed E-state index contributed by atoms with van der Waals surface area (Å²) in [5.74, 6) is 2.06. The zero-order chi connectivity index (χ0) is 16.4. The van der Waals surface area contributed by atoms with Gasteiger partial charge in [0.25, 0.3) is 5.91 Å². The number of hydrogen-bond donors (Lipinski definition) is 1. The van der Waals surface area contributed by atoms with Gasteiger partial charge in [0.05, 0.1) is 12.2 Å². The van der Waals surface area contributed by atoms with E-state index in [1.54, 1.807) is 0 Å². The smallest absolute Gasteiger partial charge is 0.257 e. The van der Waals surface area contributed by atoms with Crippen LogP contribution in [0.25, 0.3) is 0 Å². The first kappa shape index (κ1) is 15.8. The number of nitrogens with zero attached hydrogens (tertiary/aromatic N) is 1. The van der Waals surface area contributed by atoms with Gasteiger partial charge in [-0.05, 0) is 49.8 Å². The number of rotatable bonds is 4. The molecule has 1 amide bonds. The van der Waals surface area contributed by atoms with Crippen molar-refractivity contribution in [3.63, 3.8) is 0 Å². The van der Waals surface area contributed by atoms with Crippen molar-refractivity contribution in [3.8, 4) is 0 Å². The van der Waals surface area contributed by atoms with Crippen molar-refractivity contribution in [1.29, 1.82) is 0 Å². The van der Waals surface area contributed by atoms with Gasteiger partial charge < -0.3 is 14.4 Å². The number of carbonyl (C=O) groups is 1. The van der Waals surface area contributed by atoms with Gasteiger partial charge in [-0.2, -0.15) is 0 Å². The molecular formula is C19H23NO3. The van der Waals surface area contributed by atoms with Gasteiger partial charge in [0.15, 0.2) is 0 Å². The summed E-state index contributed by atoms with van der Waals surface area (Å²) in [5, 5.41) is 9.09. The quantitative estimate of drug-likeness (QED) is 0.943. The van der Waals surface area contributed by atoms with Crippen molar-refractivity contribution in [3.05, 3.63) is 58.5 Å². The number of hydrogen-bond acceptors (Lipinski definition) is 3. The van der Waals surface area contributed by atoms with Crippen molar-refractivity contribution >= 4 is 5.91 Å². The van der Waals surface area contributed by atoms with E-state index in [1.165, 1.54) is 5.56 Å². The van der Waals surface area contributed by atoms with E-state index in [0.29, 0.717) is 17.2 Å². The first-order valence-electron chi connectivity index (χ1n) is 8.12. The van der Waals surface area contributed by atoms with Gasteiger partial charge in [0.2, 0.25) is 0 Å². The molecule has 0 unspecified atom stereocenters. The summed E-state index contributed by atoms with van der Waals surface area (Å²) >= 11 is 0. The van der Waals surface area contributed by atoms with Crippen molar-refractivity contribution in [2.75, 3.05) is 13.1 Å². The van der Waals surface area contributed by atoms with Crippen LogP contribution in [0.5, 0.6) is 0 Å². The molecule has 0 bridgehead atoms. The summed E-state index contributed by atoms with van der Waals surface area (Å²) in [6.07, 6.45) is 2.00. The Hall–Kier alpha value is -2.07. The molecule has 1 N–H and O–H groups in total. The first-order valence-corrected chi connectivity index (χ1v) is 8.12. The van der Waals surface area contributed by atoms with Gasteiger partial charge in [-0.3, -0.25) is 4.79 Å². The van der Waals surface area contributed by atoms with Crippen molar-refractivity contribution in [2.24, 2.45) is 5.92 Å². The second-order valence-corrected chi connectivity index (χ2v) is 6.41. The summed E-state index contributed by atoms with van der Waals surface area (Å²) in [6, 6.07) is 9.90. The molecule has 4 heteroatoms. The Kier molecular flexibility index (Phi) is 4.53. The zero-order valence-electron chi connectivity index (χ0n) is 13.7. The Balaban J connectivity index is 1.61. The number of aliphatic hydroxyl groups is 1. The minimum atomic E-state index is 0.0788. The minimum absolute atomic E-state index is 0.0788. The highest BCUT2D eigenvalue weighted by atomic mass is 16.3. The Morgan fingerprint density at radius 2 is 1.96 bits per heavy atom. The van der Waals surface area contributed by atoms with Crippen LogP contribution >= 0.6 is 0 Å². The number of benzene rings is 1. The molecule has 23 heavy (non-hydrogen) atoms. The fourth-order valence-corrected chi connectivity index (χ4v) is 3.31. The fourth-order valence-electron chi connectivity index (χ4n) is 3.31. The molecule has 2 aromatic rings. The zero-order valence-corrected chi connectivity index (χ0v) is 13.7. The third kappa shape index (κ3) is 3.48. The third-order valence-corrected chi connectivity index (χ3v) is 4.57. The maximum Gasteiger partial charge on any atom is 0.257 e. The summed E-state index contributed by atoms with van der Waals surface area (Å²) < 4.78 is 5.47. The molecule has 1 aromatic heterocycles. The maximum absolute atomic E-state index is 12.6. The van der Waals surface area contributed by atoms with E-state index in [2.05, 4.69) is 12.1 Å². The van der Waals surface area contributed by atoms with E-state index >= 15 is 0 Å². The SMILES string of the molecule is Cc1cc(C(=O)N2CC[C@@H](Cc3ccc(CO)cc3)C2)c(C)o1.